The number of carbonyl (C=O) groups excluding carboxylic acids is 2. The minimum absolute atomic E-state index is 0. The van der Waals surface area contributed by atoms with E-state index in [4.69, 9.17) is 19.3 Å². The van der Waals surface area contributed by atoms with Gasteiger partial charge in [-0.1, -0.05) is 31.7 Å². The zero-order chi connectivity index (χ0) is 35.6. The molecule has 0 spiro atoms. The molecule has 2 aliphatic heterocycles. The quantitative estimate of drug-likeness (QED) is 0.220. The molecule has 4 aromatic rings. The molecule has 2 amide bonds. The van der Waals surface area contributed by atoms with Gasteiger partial charge < -0.3 is 24.4 Å². The van der Waals surface area contributed by atoms with Crippen LogP contribution in [0, 0.1) is 0 Å². The highest BCUT2D eigenvalue weighted by molar-refractivity contribution is 5.91. The Morgan fingerprint density at radius 2 is 1.24 bits per heavy atom. The summed E-state index contributed by atoms with van der Waals surface area (Å²) in [5.74, 6) is 0.896. The van der Waals surface area contributed by atoms with E-state index in [1.54, 1.807) is 52.8 Å². The molecular weight excluding hydrogens is 636 g/mol. The molecule has 2 aliphatic rings. The van der Waals surface area contributed by atoms with Gasteiger partial charge in [0.05, 0.1) is 18.0 Å². The van der Waals surface area contributed by atoms with Crippen LogP contribution in [-0.4, -0.2) is 56.7 Å². The van der Waals surface area contributed by atoms with Crippen LogP contribution in [0.25, 0.3) is 0 Å². The summed E-state index contributed by atoms with van der Waals surface area (Å²) in [5.41, 5.74) is 4.66. The lowest BCUT2D eigenvalue weighted by molar-refractivity contribution is 0.0573. The first kappa shape index (κ1) is 39.3. The molecule has 0 aliphatic carbocycles. The summed E-state index contributed by atoms with van der Waals surface area (Å²) in [7, 11) is 0. The number of amides is 2. The van der Waals surface area contributed by atoms with Crippen LogP contribution in [0.5, 0.6) is 11.5 Å². The molecule has 11 heteroatoms. The SMILES string of the molecule is C.CC(C)(C)OC(=O)N1CCc2ccc(O)cc21.CC(C)(C)OC(=O)N1CCc2ccc(OCc3cccnc3)cc21.OCc1cccnc1. The molecule has 0 saturated heterocycles. The molecular formula is C39H50N4O7. The highest BCUT2D eigenvalue weighted by atomic mass is 16.6. The first-order valence-corrected chi connectivity index (χ1v) is 16.2. The van der Waals surface area contributed by atoms with Gasteiger partial charge in [0, 0.05) is 55.6 Å². The van der Waals surface area contributed by atoms with Crippen molar-refractivity contribution in [2.24, 2.45) is 0 Å². The van der Waals surface area contributed by atoms with Crippen LogP contribution in [-0.2, 0) is 35.5 Å². The first-order chi connectivity index (χ1) is 23.2. The maximum Gasteiger partial charge on any atom is 0.414 e. The number of ether oxygens (including phenoxy) is 3. The lowest BCUT2D eigenvalue weighted by atomic mass is 10.1. The van der Waals surface area contributed by atoms with Crippen molar-refractivity contribution in [3.8, 4) is 11.5 Å². The van der Waals surface area contributed by atoms with Gasteiger partial charge >= 0.3 is 12.2 Å². The maximum atomic E-state index is 12.4. The van der Waals surface area contributed by atoms with Crippen LogP contribution in [0.4, 0.5) is 21.0 Å². The van der Waals surface area contributed by atoms with Gasteiger partial charge in [-0.2, -0.15) is 0 Å². The second-order valence-electron chi connectivity index (χ2n) is 13.5. The summed E-state index contributed by atoms with van der Waals surface area (Å²) in [6.07, 6.45) is 7.79. The summed E-state index contributed by atoms with van der Waals surface area (Å²) in [6, 6.07) is 18.4. The smallest absolute Gasteiger partial charge is 0.414 e. The molecule has 0 atom stereocenters. The van der Waals surface area contributed by atoms with Crippen molar-refractivity contribution < 1.29 is 34.0 Å². The molecule has 6 rings (SSSR count). The molecule has 50 heavy (non-hydrogen) atoms. The Morgan fingerprint density at radius 1 is 0.740 bits per heavy atom. The van der Waals surface area contributed by atoms with Crippen LogP contribution in [0.1, 0.15) is 71.2 Å². The van der Waals surface area contributed by atoms with Crippen LogP contribution in [0.3, 0.4) is 0 Å². The summed E-state index contributed by atoms with van der Waals surface area (Å²) in [4.78, 5) is 35.4. The predicted octanol–water partition coefficient (Wildman–Crippen LogP) is 7.86. The standard InChI is InChI=1S/C19H22N2O3.C13H17NO3.C6H7NO.CH4/c1-19(2,3)24-18(22)21-10-8-15-6-7-16(11-17(15)21)23-13-14-5-4-9-20-12-14;1-13(2,3)17-12(16)14-7-6-9-4-5-10(15)8-11(9)14;8-5-6-2-1-3-7-4-6;/h4-7,9,11-12H,8,10,13H2,1-3H3;4-5,8,15H,6-7H2,1-3H3;1-4,8H,5H2;1H4. The van der Waals surface area contributed by atoms with Gasteiger partial charge in [-0.25, -0.2) is 9.59 Å². The molecule has 2 aromatic carbocycles. The summed E-state index contributed by atoms with van der Waals surface area (Å²) < 4.78 is 16.6. The van der Waals surface area contributed by atoms with Gasteiger partial charge in [0.15, 0.2) is 0 Å². The Balaban J connectivity index is 0.000000226. The Morgan fingerprint density at radius 3 is 1.70 bits per heavy atom. The normalized spacial score (nSPS) is 12.9. The highest BCUT2D eigenvalue weighted by Crippen LogP contribution is 2.34. The number of fused-ring (bicyclic) bond motifs is 2. The minimum Gasteiger partial charge on any atom is -0.508 e. The fourth-order valence-corrected chi connectivity index (χ4v) is 4.97. The summed E-state index contributed by atoms with van der Waals surface area (Å²) >= 11 is 0. The first-order valence-electron chi connectivity index (χ1n) is 16.2. The molecule has 0 saturated carbocycles. The molecule has 2 aromatic heterocycles. The predicted molar refractivity (Wildman–Crippen MR) is 195 cm³/mol. The van der Waals surface area contributed by atoms with E-state index >= 15 is 0 Å². The van der Waals surface area contributed by atoms with Gasteiger partial charge in [0.25, 0.3) is 0 Å². The van der Waals surface area contributed by atoms with E-state index in [2.05, 4.69) is 9.97 Å². The van der Waals surface area contributed by atoms with Crippen LogP contribution in [0.2, 0.25) is 0 Å². The number of pyridine rings is 2. The van der Waals surface area contributed by atoms with E-state index in [0.29, 0.717) is 19.7 Å². The number of benzene rings is 2. The summed E-state index contributed by atoms with van der Waals surface area (Å²) in [5, 5.41) is 17.9. The van der Waals surface area contributed by atoms with Crippen LogP contribution >= 0.6 is 0 Å². The fourth-order valence-electron chi connectivity index (χ4n) is 4.97. The number of anilines is 2. The third-order valence-corrected chi connectivity index (χ3v) is 7.18. The molecule has 0 bridgehead atoms. The van der Waals surface area contributed by atoms with Crippen molar-refractivity contribution in [1.82, 2.24) is 9.97 Å². The van der Waals surface area contributed by atoms with Gasteiger partial charge in [-0.3, -0.25) is 19.8 Å². The van der Waals surface area contributed by atoms with E-state index in [0.717, 1.165) is 52.2 Å². The number of aromatic nitrogens is 2. The average Bonchev–Trinajstić information content (AvgIpc) is 3.68. The Kier molecular flexibility index (Phi) is 13.7. The van der Waals surface area contributed by atoms with Gasteiger partial charge in [0.1, 0.15) is 29.3 Å². The van der Waals surface area contributed by atoms with Gasteiger partial charge in [0.2, 0.25) is 0 Å². The average molecular weight is 687 g/mol. The van der Waals surface area contributed by atoms with E-state index in [-0.39, 0.29) is 32.0 Å². The van der Waals surface area contributed by atoms with Gasteiger partial charge in [-0.15, -0.1) is 0 Å². The minimum atomic E-state index is -0.506. The van der Waals surface area contributed by atoms with E-state index in [1.165, 1.54) is 0 Å². The largest absolute Gasteiger partial charge is 0.508 e. The van der Waals surface area contributed by atoms with E-state index in [9.17, 15) is 14.7 Å². The number of carbonyl (C=O) groups is 2. The number of nitrogens with zero attached hydrogens (tertiary/aromatic N) is 4. The zero-order valence-electron chi connectivity index (χ0n) is 29.1. The number of hydrogen-bond donors (Lipinski definition) is 2. The van der Waals surface area contributed by atoms with E-state index in [1.807, 2.05) is 84.0 Å². The molecule has 11 nitrogen and oxygen atoms in total. The van der Waals surface area contributed by atoms with Crippen molar-refractivity contribution >= 4 is 23.6 Å². The van der Waals surface area contributed by atoms with Crippen LogP contribution in [0.15, 0.2) is 85.5 Å². The molecule has 0 fully saturated rings. The third kappa shape index (κ3) is 11.8. The maximum absolute atomic E-state index is 12.4. The van der Waals surface area contributed by atoms with Crippen molar-refractivity contribution in [2.75, 3.05) is 22.9 Å². The fraction of sp³-hybridized carbons (Fsp3) is 0.385. The Hall–Kier alpha value is -5.16. The number of aromatic hydroxyl groups is 1. The number of aliphatic hydroxyl groups excluding tert-OH is 1. The van der Waals surface area contributed by atoms with Crippen molar-refractivity contribution in [2.45, 2.75) is 86.2 Å². The number of hydrogen-bond acceptors (Lipinski definition) is 9. The lowest BCUT2D eigenvalue weighted by Crippen LogP contribution is -2.35. The number of phenols is 1. The Labute approximate surface area is 295 Å². The molecule has 268 valence electrons. The molecule has 4 heterocycles. The van der Waals surface area contributed by atoms with E-state index < -0.39 is 11.2 Å². The van der Waals surface area contributed by atoms with Crippen molar-refractivity contribution in [3.63, 3.8) is 0 Å². The Bertz CT molecular complexity index is 1690. The number of phenolic OH excluding ortho intramolecular Hbond substituents is 1. The number of aliphatic hydroxyl groups is 1. The lowest BCUT2D eigenvalue weighted by Gasteiger charge is -2.25. The molecule has 2 N–H and O–H groups in total. The monoisotopic (exact) mass is 686 g/mol. The highest BCUT2D eigenvalue weighted by Gasteiger charge is 2.30. The van der Waals surface area contributed by atoms with Crippen molar-refractivity contribution in [1.29, 1.82) is 0 Å². The zero-order valence-corrected chi connectivity index (χ0v) is 29.1. The second-order valence-corrected chi connectivity index (χ2v) is 13.5. The van der Waals surface area contributed by atoms with Crippen LogP contribution < -0.4 is 14.5 Å². The number of rotatable bonds is 4. The third-order valence-electron chi connectivity index (χ3n) is 7.18. The van der Waals surface area contributed by atoms with Gasteiger partial charge in [-0.05, 0) is 95.3 Å². The second kappa shape index (κ2) is 17.5. The molecule has 0 unspecified atom stereocenters. The topological polar surface area (TPSA) is 135 Å². The van der Waals surface area contributed by atoms with Crippen molar-refractivity contribution in [3.05, 3.63) is 108 Å². The molecule has 0 radical (unpaired) electrons. The summed E-state index contributed by atoms with van der Waals surface area (Å²) in [6.45, 7) is 12.9.